The fourth-order valence-corrected chi connectivity index (χ4v) is 2.56. The van der Waals surface area contributed by atoms with Crippen molar-refractivity contribution in [1.82, 2.24) is 14.7 Å². The zero-order valence-corrected chi connectivity index (χ0v) is 12.8. The topological polar surface area (TPSA) is 76.5 Å². The molecule has 2 rings (SSSR count). The Kier molecular flexibility index (Phi) is 4.50. The fraction of sp³-hybridized carbons (Fsp3) is 0.643. The number of aromatic nitrogens is 2. The van der Waals surface area contributed by atoms with Crippen molar-refractivity contribution in [1.29, 1.82) is 0 Å². The van der Waals surface area contributed by atoms with Gasteiger partial charge in [0, 0.05) is 25.7 Å². The summed E-state index contributed by atoms with van der Waals surface area (Å²) in [5, 5.41) is 7.01. The number of hydrogen-bond acceptors (Lipinski definition) is 4. The number of nitrogens with zero attached hydrogens (tertiary/aromatic N) is 3. The number of nitrogens with one attached hydrogen (secondary N) is 1. The molecular weight excluding hydrogens is 272 g/mol. The van der Waals surface area contributed by atoms with Crippen molar-refractivity contribution < 1.29 is 14.3 Å². The minimum absolute atomic E-state index is 0.208. The maximum atomic E-state index is 12.3. The highest BCUT2D eigenvalue weighted by Gasteiger charge is 2.43. The molecule has 1 aromatic heterocycles. The molecule has 7 heteroatoms. The van der Waals surface area contributed by atoms with E-state index < -0.39 is 5.41 Å². The van der Waals surface area contributed by atoms with Gasteiger partial charge in [0.1, 0.15) is 5.82 Å². The number of rotatable bonds is 4. The van der Waals surface area contributed by atoms with Gasteiger partial charge >= 0.3 is 12.0 Å². The average Bonchev–Trinajstić information content (AvgIpc) is 3.06. The molecular formula is C14H22N4O3. The van der Waals surface area contributed by atoms with Gasteiger partial charge in [0.05, 0.1) is 18.7 Å². The van der Waals surface area contributed by atoms with Crippen LogP contribution in [-0.4, -0.2) is 46.9 Å². The molecule has 0 spiro atoms. The maximum absolute atomic E-state index is 12.3. The number of urea groups is 1. The Morgan fingerprint density at radius 3 is 2.95 bits per heavy atom. The van der Waals surface area contributed by atoms with E-state index in [1.807, 2.05) is 6.92 Å². The third-order valence-corrected chi connectivity index (χ3v) is 3.83. The molecule has 0 radical (unpaired) electrons. The molecule has 0 unspecified atom stereocenters. The first-order chi connectivity index (χ1) is 10.00. The number of aryl methyl sites for hydroxylation is 1. The van der Waals surface area contributed by atoms with Crippen LogP contribution in [0.2, 0.25) is 0 Å². The summed E-state index contributed by atoms with van der Waals surface area (Å²) in [6, 6.07) is 1.56. The van der Waals surface area contributed by atoms with Crippen molar-refractivity contribution in [3.8, 4) is 0 Å². The first kappa shape index (κ1) is 15.3. The number of ether oxygens (including phenoxy) is 1. The van der Waals surface area contributed by atoms with E-state index in [0.717, 1.165) is 13.0 Å². The van der Waals surface area contributed by atoms with Gasteiger partial charge in [-0.15, -0.1) is 0 Å². The van der Waals surface area contributed by atoms with E-state index in [2.05, 4.69) is 17.3 Å². The predicted molar refractivity (Wildman–Crippen MR) is 77.8 cm³/mol. The van der Waals surface area contributed by atoms with Gasteiger partial charge in [0.25, 0.3) is 0 Å². The zero-order chi connectivity index (χ0) is 15.5. The molecule has 2 amide bonds. The van der Waals surface area contributed by atoms with Crippen LogP contribution in [0.3, 0.4) is 0 Å². The van der Waals surface area contributed by atoms with Crippen molar-refractivity contribution in [2.45, 2.75) is 33.2 Å². The molecule has 0 saturated carbocycles. The monoisotopic (exact) mass is 294 g/mol. The summed E-state index contributed by atoms with van der Waals surface area (Å²) in [7, 11) is 1.37. The van der Waals surface area contributed by atoms with Crippen molar-refractivity contribution >= 4 is 17.8 Å². The lowest BCUT2D eigenvalue weighted by molar-refractivity contribution is -0.150. The lowest BCUT2D eigenvalue weighted by Crippen LogP contribution is -2.38. The van der Waals surface area contributed by atoms with Gasteiger partial charge in [-0.1, -0.05) is 6.92 Å². The van der Waals surface area contributed by atoms with Crippen LogP contribution in [0, 0.1) is 5.41 Å². The number of hydrogen-bond donors (Lipinski definition) is 1. The standard InChI is InChI=1S/C14H22N4O3/c1-4-8-18-11(5-7-15-18)16-13(20)17-9-6-14(2,10-17)12(19)21-3/h5,7H,4,6,8-10H2,1-3H3,(H,16,20)/t14-/m0/s1. The highest BCUT2D eigenvalue weighted by Crippen LogP contribution is 2.31. The molecule has 1 saturated heterocycles. The van der Waals surface area contributed by atoms with Crippen molar-refractivity contribution in [2.24, 2.45) is 5.41 Å². The number of likely N-dealkylation sites (tertiary alicyclic amines) is 1. The fourth-order valence-electron chi connectivity index (χ4n) is 2.56. The maximum Gasteiger partial charge on any atom is 0.323 e. The molecule has 0 bridgehead atoms. The molecule has 1 aromatic rings. The molecule has 2 heterocycles. The predicted octanol–water partition coefficient (Wildman–Crippen LogP) is 1.71. The van der Waals surface area contributed by atoms with E-state index in [-0.39, 0.29) is 12.0 Å². The van der Waals surface area contributed by atoms with Gasteiger partial charge in [0.2, 0.25) is 0 Å². The van der Waals surface area contributed by atoms with Crippen molar-refractivity contribution in [3.05, 3.63) is 12.3 Å². The molecule has 1 N–H and O–H groups in total. The summed E-state index contributed by atoms with van der Waals surface area (Å²) in [5.41, 5.74) is -0.615. The Hall–Kier alpha value is -2.05. The second-order valence-corrected chi connectivity index (χ2v) is 5.59. The molecule has 0 aromatic carbocycles. The normalized spacial score (nSPS) is 21.4. The van der Waals surface area contributed by atoms with E-state index in [1.165, 1.54) is 7.11 Å². The van der Waals surface area contributed by atoms with Crippen molar-refractivity contribution in [2.75, 3.05) is 25.5 Å². The third-order valence-electron chi connectivity index (χ3n) is 3.83. The number of esters is 1. The lowest BCUT2D eigenvalue weighted by atomic mass is 9.90. The van der Waals surface area contributed by atoms with Crippen LogP contribution in [0.4, 0.5) is 10.6 Å². The number of carbonyl (C=O) groups excluding carboxylic acids is 2. The number of amides is 2. The third kappa shape index (κ3) is 3.17. The van der Waals surface area contributed by atoms with Gasteiger partial charge in [-0.3, -0.25) is 10.1 Å². The smallest absolute Gasteiger partial charge is 0.323 e. The lowest BCUT2D eigenvalue weighted by Gasteiger charge is -2.22. The van der Waals surface area contributed by atoms with Gasteiger partial charge in [-0.25, -0.2) is 9.48 Å². The van der Waals surface area contributed by atoms with E-state index >= 15 is 0 Å². The van der Waals surface area contributed by atoms with E-state index in [4.69, 9.17) is 4.74 Å². The highest BCUT2D eigenvalue weighted by atomic mass is 16.5. The summed E-state index contributed by atoms with van der Waals surface area (Å²) >= 11 is 0. The van der Waals surface area contributed by atoms with Crippen LogP contribution in [0.15, 0.2) is 12.3 Å². The molecule has 116 valence electrons. The van der Waals surface area contributed by atoms with E-state index in [9.17, 15) is 9.59 Å². The Morgan fingerprint density at radius 1 is 1.52 bits per heavy atom. The zero-order valence-electron chi connectivity index (χ0n) is 12.8. The summed E-state index contributed by atoms with van der Waals surface area (Å²) < 4.78 is 6.57. The Balaban J connectivity index is 1.99. The molecule has 1 fully saturated rings. The molecule has 1 aliphatic rings. The summed E-state index contributed by atoms with van der Waals surface area (Å²) in [6.45, 7) is 5.54. The van der Waals surface area contributed by atoms with Gasteiger partial charge in [0.15, 0.2) is 0 Å². The second-order valence-electron chi connectivity index (χ2n) is 5.59. The van der Waals surface area contributed by atoms with Crippen LogP contribution in [-0.2, 0) is 16.1 Å². The number of carbonyl (C=O) groups is 2. The van der Waals surface area contributed by atoms with E-state index in [0.29, 0.717) is 25.3 Å². The Labute approximate surface area is 124 Å². The van der Waals surface area contributed by atoms with E-state index in [1.54, 1.807) is 21.8 Å². The molecule has 1 atom stereocenters. The second kappa shape index (κ2) is 6.15. The highest BCUT2D eigenvalue weighted by molar-refractivity contribution is 5.89. The summed E-state index contributed by atoms with van der Waals surface area (Å²) in [4.78, 5) is 25.7. The number of anilines is 1. The number of methoxy groups -OCH3 is 1. The molecule has 7 nitrogen and oxygen atoms in total. The minimum atomic E-state index is -0.615. The van der Waals surface area contributed by atoms with Gasteiger partial charge < -0.3 is 9.64 Å². The first-order valence-corrected chi connectivity index (χ1v) is 7.16. The SMILES string of the molecule is CCCn1nccc1NC(=O)N1CC[C@](C)(C(=O)OC)C1. The van der Waals surface area contributed by atoms with Crippen molar-refractivity contribution in [3.63, 3.8) is 0 Å². The molecule has 0 aliphatic carbocycles. The van der Waals surface area contributed by atoms with Crippen LogP contribution >= 0.6 is 0 Å². The first-order valence-electron chi connectivity index (χ1n) is 7.16. The van der Waals surface area contributed by atoms with Crippen LogP contribution in [0.5, 0.6) is 0 Å². The molecule has 21 heavy (non-hydrogen) atoms. The Bertz CT molecular complexity index is 528. The molecule has 1 aliphatic heterocycles. The summed E-state index contributed by atoms with van der Waals surface area (Å²) in [5.74, 6) is 0.405. The minimum Gasteiger partial charge on any atom is -0.469 e. The van der Waals surface area contributed by atoms with Crippen LogP contribution < -0.4 is 5.32 Å². The van der Waals surface area contributed by atoms with Gasteiger partial charge in [-0.2, -0.15) is 5.10 Å². The van der Waals surface area contributed by atoms with Gasteiger partial charge in [-0.05, 0) is 19.8 Å². The summed E-state index contributed by atoms with van der Waals surface area (Å²) in [6.07, 6.45) is 3.21. The van der Waals surface area contributed by atoms with Crippen LogP contribution in [0.25, 0.3) is 0 Å². The Morgan fingerprint density at radius 2 is 2.29 bits per heavy atom. The average molecular weight is 294 g/mol. The largest absolute Gasteiger partial charge is 0.469 e. The van der Waals surface area contributed by atoms with Crippen LogP contribution in [0.1, 0.15) is 26.7 Å². The quantitative estimate of drug-likeness (QED) is 0.858.